The lowest BCUT2D eigenvalue weighted by Gasteiger charge is -2.25. The molecule has 0 unspecified atom stereocenters. The fourth-order valence-electron chi connectivity index (χ4n) is 3.08. The van der Waals surface area contributed by atoms with E-state index in [-0.39, 0.29) is 42.1 Å². The van der Waals surface area contributed by atoms with Gasteiger partial charge in [0.05, 0.1) is 24.3 Å². The molecule has 1 aliphatic rings. The molecule has 0 aliphatic carbocycles. The topological polar surface area (TPSA) is 106 Å². The van der Waals surface area contributed by atoms with E-state index in [1.165, 1.54) is 39.7 Å². The highest BCUT2D eigenvalue weighted by atomic mass is 32.2. The molecule has 1 N–H and O–H groups in total. The first-order chi connectivity index (χ1) is 13.9. The Morgan fingerprint density at radius 1 is 1.21 bits per heavy atom. The number of fused-ring (bicyclic) bond motifs is 1. The van der Waals surface area contributed by atoms with Crippen LogP contribution in [0.3, 0.4) is 0 Å². The normalized spacial score (nSPS) is 15.5. The summed E-state index contributed by atoms with van der Waals surface area (Å²) in [5.41, 5.74) is 3.16. The van der Waals surface area contributed by atoms with Gasteiger partial charge in [-0.1, -0.05) is 0 Å². The fraction of sp³-hybridized carbons (Fsp3) is 0.278. The number of aryl methyl sites for hydroxylation is 1. The van der Waals surface area contributed by atoms with Gasteiger partial charge in [0.25, 0.3) is 5.91 Å². The van der Waals surface area contributed by atoms with Crippen molar-refractivity contribution in [3.05, 3.63) is 54.0 Å². The molecule has 1 saturated heterocycles. The van der Waals surface area contributed by atoms with Crippen molar-refractivity contribution in [3.63, 3.8) is 0 Å². The number of nitrogens with one attached hydrogen (secondary N) is 1. The average molecular weight is 419 g/mol. The molecular weight excluding hydrogens is 401 g/mol. The fourth-order valence-corrected chi connectivity index (χ4v) is 4.67. The second kappa shape index (κ2) is 7.50. The van der Waals surface area contributed by atoms with Crippen LogP contribution in [0.2, 0.25) is 0 Å². The lowest BCUT2D eigenvalue weighted by atomic mass is 10.2. The van der Waals surface area contributed by atoms with E-state index in [1.807, 2.05) is 0 Å². The van der Waals surface area contributed by atoms with Crippen molar-refractivity contribution in [2.45, 2.75) is 11.8 Å². The van der Waals surface area contributed by atoms with Crippen LogP contribution in [0.1, 0.15) is 16.2 Å². The van der Waals surface area contributed by atoms with Gasteiger partial charge in [0.1, 0.15) is 16.5 Å². The summed E-state index contributed by atoms with van der Waals surface area (Å²) in [6, 6.07) is 3.75. The van der Waals surface area contributed by atoms with Crippen LogP contribution in [-0.2, 0) is 14.8 Å². The Morgan fingerprint density at radius 3 is 2.59 bits per heavy atom. The number of hydrogen-bond acceptors (Lipinski definition) is 6. The number of morpholine rings is 1. The van der Waals surface area contributed by atoms with E-state index in [9.17, 15) is 17.6 Å². The Labute approximate surface area is 166 Å². The Balaban J connectivity index is 1.75. The van der Waals surface area contributed by atoms with Crippen LogP contribution in [0, 0.1) is 12.7 Å². The predicted octanol–water partition coefficient (Wildman–Crippen LogP) is 1.28. The summed E-state index contributed by atoms with van der Waals surface area (Å²) in [6.45, 7) is 2.68. The molecule has 9 nitrogen and oxygen atoms in total. The summed E-state index contributed by atoms with van der Waals surface area (Å²) in [5, 5.41) is 0.178. The molecule has 11 heteroatoms. The van der Waals surface area contributed by atoms with Gasteiger partial charge in [-0.05, 0) is 25.1 Å². The SMILES string of the molecule is Cc1ncc(C(=O)Nn2cc(S(=O)(=O)N3CCOCC3)c3cc(F)ccc32)cn1. The highest BCUT2D eigenvalue weighted by Crippen LogP contribution is 2.28. The summed E-state index contributed by atoms with van der Waals surface area (Å²) in [6.07, 6.45) is 4.02. The number of rotatable bonds is 4. The van der Waals surface area contributed by atoms with Gasteiger partial charge < -0.3 is 4.74 Å². The van der Waals surface area contributed by atoms with E-state index in [0.717, 1.165) is 6.07 Å². The van der Waals surface area contributed by atoms with E-state index in [1.54, 1.807) is 6.92 Å². The molecule has 1 aromatic carbocycles. The molecule has 152 valence electrons. The van der Waals surface area contributed by atoms with Crippen LogP contribution in [0.5, 0.6) is 0 Å². The second-order valence-electron chi connectivity index (χ2n) is 6.50. The van der Waals surface area contributed by atoms with Gasteiger partial charge in [0.2, 0.25) is 10.0 Å². The van der Waals surface area contributed by atoms with Crippen molar-refractivity contribution in [1.82, 2.24) is 18.9 Å². The Bertz CT molecular complexity index is 1170. The molecule has 0 saturated carbocycles. The van der Waals surface area contributed by atoms with Gasteiger partial charge in [0.15, 0.2) is 0 Å². The van der Waals surface area contributed by atoms with Gasteiger partial charge in [-0.25, -0.2) is 22.8 Å². The number of carbonyl (C=O) groups is 1. The van der Waals surface area contributed by atoms with Crippen LogP contribution in [-0.4, -0.2) is 59.6 Å². The summed E-state index contributed by atoms with van der Waals surface area (Å²) < 4.78 is 47.9. The first-order valence-electron chi connectivity index (χ1n) is 8.85. The van der Waals surface area contributed by atoms with Crippen LogP contribution in [0.15, 0.2) is 41.7 Å². The van der Waals surface area contributed by atoms with Gasteiger partial charge in [-0.15, -0.1) is 0 Å². The monoisotopic (exact) mass is 419 g/mol. The summed E-state index contributed by atoms with van der Waals surface area (Å²) in [5.74, 6) is -0.587. The minimum absolute atomic E-state index is 0.0886. The molecule has 3 heterocycles. The number of sulfonamides is 1. The molecule has 1 fully saturated rings. The molecule has 3 aromatic rings. The largest absolute Gasteiger partial charge is 0.379 e. The first kappa shape index (κ1) is 19.4. The van der Waals surface area contributed by atoms with Gasteiger partial charge in [-0.3, -0.25) is 14.9 Å². The summed E-state index contributed by atoms with van der Waals surface area (Å²) >= 11 is 0. The van der Waals surface area contributed by atoms with E-state index in [4.69, 9.17) is 4.74 Å². The quantitative estimate of drug-likeness (QED) is 0.683. The van der Waals surface area contributed by atoms with Gasteiger partial charge >= 0.3 is 0 Å². The highest BCUT2D eigenvalue weighted by molar-refractivity contribution is 7.89. The van der Waals surface area contributed by atoms with E-state index in [0.29, 0.717) is 11.3 Å². The number of carbonyl (C=O) groups excluding carboxylic acids is 1. The molecular formula is C18H18FN5O4S. The minimum Gasteiger partial charge on any atom is -0.379 e. The lowest BCUT2D eigenvalue weighted by molar-refractivity contribution is 0.0730. The zero-order chi connectivity index (χ0) is 20.6. The molecule has 0 bridgehead atoms. The molecule has 29 heavy (non-hydrogen) atoms. The third-order valence-electron chi connectivity index (χ3n) is 4.58. The van der Waals surface area contributed by atoms with Gasteiger partial charge in [-0.2, -0.15) is 4.31 Å². The van der Waals surface area contributed by atoms with E-state index in [2.05, 4.69) is 15.4 Å². The molecule has 0 atom stereocenters. The molecule has 1 amide bonds. The maximum atomic E-state index is 13.9. The summed E-state index contributed by atoms with van der Waals surface area (Å²) in [4.78, 5) is 20.4. The van der Waals surface area contributed by atoms with Crippen molar-refractivity contribution in [2.75, 3.05) is 31.7 Å². The van der Waals surface area contributed by atoms with Crippen molar-refractivity contribution >= 4 is 26.8 Å². The van der Waals surface area contributed by atoms with Crippen LogP contribution in [0.4, 0.5) is 4.39 Å². The molecule has 0 spiro atoms. The van der Waals surface area contributed by atoms with E-state index >= 15 is 0 Å². The van der Waals surface area contributed by atoms with Crippen molar-refractivity contribution in [3.8, 4) is 0 Å². The Kier molecular flexibility index (Phi) is 5.03. The van der Waals surface area contributed by atoms with Crippen molar-refractivity contribution < 1.29 is 22.3 Å². The van der Waals surface area contributed by atoms with Crippen molar-refractivity contribution in [1.29, 1.82) is 0 Å². The number of aromatic nitrogens is 3. The maximum absolute atomic E-state index is 13.9. The predicted molar refractivity (Wildman–Crippen MR) is 102 cm³/mol. The van der Waals surface area contributed by atoms with Crippen LogP contribution < -0.4 is 5.43 Å². The summed E-state index contributed by atoms with van der Waals surface area (Å²) in [7, 11) is -3.90. The van der Waals surface area contributed by atoms with E-state index < -0.39 is 21.7 Å². The molecule has 4 rings (SSSR count). The maximum Gasteiger partial charge on any atom is 0.273 e. The Hall–Kier alpha value is -2.89. The molecule has 2 aromatic heterocycles. The third-order valence-corrected chi connectivity index (χ3v) is 6.51. The van der Waals surface area contributed by atoms with Crippen molar-refractivity contribution in [2.24, 2.45) is 0 Å². The number of halogens is 1. The average Bonchev–Trinajstić information content (AvgIpc) is 3.07. The lowest BCUT2D eigenvalue weighted by Crippen LogP contribution is -2.40. The minimum atomic E-state index is -3.90. The van der Waals surface area contributed by atoms with Gasteiger partial charge in [0, 0.05) is 37.1 Å². The first-order valence-corrected chi connectivity index (χ1v) is 10.3. The number of benzene rings is 1. The third kappa shape index (κ3) is 3.71. The number of hydrogen-bond donors (Lipinski definition) is 1. The molecule has 1 aliphatic heterocycles. The highest BCUT2D eigenvalue weighted by Gasteiger charge is 2.30. The standard InChI is InChI=1S/C18H18FN5O4S/c1-12-20-9-13(10-21-12)18(25)22-24-11-17(15-8-14(19)2-3-16(15)24)29(26,27)23-4-6-28-7-5-23/h2-3,8-11H,4-7H2,1H3,(H,22,25). The molecule has 0 radical (unpaired) electrons. The zero-order valence-electron chi connectivity index (χ0n) is 15.5. The number of ether oxygens (including phenoxy) is 1. The smallest absolute Gasteiger partial charge is 0.273 e. The van der Waals surface area contributed by atoms with Crippen LogP contribution >= 0.6 is 0 Å². The number of nitrogens with zero attached hydrogens (tertiary/aromatic N) is 4. The zero-order valence-corrected chi connectivity index (χ0v) is 16.3. The Morgan fingerprint density at radius 2 is 1.90 bits per heavy atom. The number of amides is 1. The second-order valence-corrected chi connectivity index (χ2v) is 8.41. The van der Waals surface area contributed by atoms with Crippen LogP contribution in [0.25, 0.3) is 10.9 Å².